The second kappa shape index (κ2) is 13.7. The first-order valence-corrected chi connectivity index (χ1v) is 7.88. The van der Waals surface area contributed by atoms with Gasteiger partial charge >= 0.3 is 0 Å². The highest BCUT2D eigenvalue weighted by Crippen LogP contribution is 2.10. The average molecular weight is 300 g/mol. The van der Waals surface area contributed by atoms with Gasteiger partial charge in [0.15, 0.2) is 5.96 Å². The summed E-state index contributed by atoms with van der Waals surface area (Å²) in [6.45, 7) is 6.58. The quantitative estimate of drug-likeness (QED) is 0.304. The van der Waals surface area contributed by atoms with Crippen LogP contribution in [-0.4, -0.2) is 52.3 Å². The first-order valence-electron chi connectivity index (χ1n) is 7.88. The average Bonchev–Trinajstić information content (AvgIpc) is 2.50. The Bertz CT molecular complexity index is 295. The van der Waals surface area contributed by atoms with E-state index < -0.39 is 0 Å². The Kier molecular flexibility index (Phi) is 12.8. The summed E-state index contributed by atoms with van der Waals surface area (Å²) in [5, 5.41) is 9.06. The minimum Gasteiger partial charge on any atom is -0.383 e. The molecule has 1 amide bonds. The van der Waals surface area contributed by atoms with Crippen molar-refractivity contribution in [3.05, 3.63) is 0 Å². The predicted octanol–water partition coefficient (Wildman–Crippen LogP) is 1.13. The van der Waals surface area contributed by atoms with E-state index in [1.807, 2.05) is 0 Å². The van der Waals surface area contributed by atoms with Crippen LogP contribution in [-0.2, 0) is 9.53 Å². The number of carbonyl (C=O) groups is 1. The Morgan fingerprint density at radius 2 is 2.00 bits per heavy atom. The lowest BCUT2D eigenvalue weighted by molar-refractivity contribution is -0.120. The summed E-state index contributed by atoms with van der Waals surface area (Å²) in [6.07, 6.45) is 4.87. The van der Waals surface area contributed by atoms with E-state index >= 15 is 0 Å². The predicted molar refractivity (Wildman–Crippen MR) is 87.6 cm³/mol. The van der Waals surface area contributed by atoms with Gasteiger partial charge in [-0.15, -0.1) is 0 Å². The fourth-order valence-corrected chi connectivity index (χ4v) is 1.92. The van der Waals surface area contributed by atoms with Crippen LogP contribution < -0.4 is 16.0 Å². The van der Waals surface area contributed by atoms with Crippen LogP contribution in [0.1, 0.15) is 39.5 Å². The van der Waals surface area contributed by atoms with Crippen molar-refractivity contribution in [3.63, 3.8) is 0 Å². The largest absolute Gasteiger partial charge is 0.383 e. The van der Waals surface area contributed by atoms with E-state index in [1.54, 1.807) is 14.2 Å². The zero-order valence-electron chi connectivity index (χ0n) is 14.0. The minimum absolute atomic E-state index is 0.0620. The van der Waals surface area contributed by atoms with Crippen LogP contribution in [0, 0.1) is 5.92 Å². The number of nitrogens with zero attached hydrogens (tertiary/aromatic N) is 1. The van der Waals surface area contributed by atoms with E-state index in [0.717, 1.165) is 13.0 Å². The third-order valence-electron chi connectivity index (χ3n) is 3.37. The molecule has 0 saturated heterocycles. The first-order chi connectivity index (χ1) is 10.2. The number of hydrogen-bond acceptors (Lipinski definition) is 3. The van der Waals surface area contributed by atoms with Gasteiger partial charge in [-0.25, -0.2) is 0 Å². The van der Waals surface area contributed by atoms with Crippen molar-refractivity contribution < 1.29 is 9.53 Å². The summed E-state index contributed by atoms with van der Waals surface area (Å²) < 4.78 is 4.88. The van der Waals surface area contributed by atoms with Crippen molar-refractivity contribution in [2.45, 2.75) is 39.5 Å². The highest BCUT2D eigenvalue weighted by atomic mass is 16.5. The van der Waals surface area contributed by atoms with E-state index in [2.05, 4.69) is 34.8 Å². The topological polar surface area (TPSA) is 74.8 Å². The van der Waals surface area contributed by atoms with Gasteiger partial charge in [-0.1, -0.05) is 33.1 Å². The van der Waals surface area contributed by atoms with Crippen molar-refractivity contribution in [2.75, 3.05) is 40.4 Å². The van der Waals surface area contributed by atoms with Gasteiger partial charge in [-0.2, -0.15) is 0 Å². The van der Waals surface area contributed by atoms with E-state index in [-0.39, 0.29) is 12.5 Å². The summed E-state index contributed by atoms with van der Waals surface area (Å²) in [5.74, 6) is 1.26. The molecular formula is C15H32N4O2. The van der Waals surface area contributed by atoms with E-state index in [1.165, 1.54) is 19.3 Å². The zero-order chi connectivity index (χ0) is 15.9. The fraction of sp³-hybridized carbons (Fsp3) is 0.867. The molecule has 0 spiro atoms. The molecule has 3 N–H and O–H groups in total. The van der Waals surface area contributed by atoms with Gasteiger partial charge in [-0.3, -0.25) is 9.79 Å². The number of nitrogens with one attached hydrogen (secondary N) is 3. The van der Waals surface area contributed by atoms with Crippen LogP contribution in [0.25, 0.3) is 0 Å². The number of guanidine groups is 1. The number of aliphatic imine (C=N–C) groups is 1. The molecule has 6 heteroatoms. The molecule has 0 rings (SSSR count). The standard InChI is InChI=1S/C15H32N4O2/c1-5-7-8-13(6-2)11-18-15(16-3)19-12-14(20)17-9-10-21-4/h13H,5-12H2,1-4H3,(H,17,20)(H2,16,18,19). The Labute approximate surface area is 129 Å². The Balaban J connectivity index is 3.92. The second-order valence-corrected chi connectivity index (χ2v) is 5.07. The van der Waals surface area contributed by atoms with Gasteiger partial charge in [-0.05, 0) is 12.3 Å². The molecule has 1 atom stereocenters. The van der Waals surface area contributed by atoms with Crippen molar-refractivity contribution in [1.82, 2.24) is 16.0 Å². The molecule has 0 bridgehead atoms. The molecule has 0 fully saturated rings. The Hall–Kier alpha value is -1.30. The van der Waals surface area contributed by atoms with Gasteiger partial charge in [0.25, 0.3) is 0 Å². The maximum absolute atomic E-state index is 11.6. The molecular weight excluding hydrogens is 268 g/mol. The third-order valence-corrected chi connectivity index (χ3v) is 3.37. The minimum atomic E-state index is -0.0620. The smallest absolute Gasteiger partial charge is 0.239 e. The summed E-state index contributed by atoms with van der Waals surface area (Å²) in [5.41, 5.74) is 0. The van der Waals surface area contributed by atoms with Crippen LogP contribution >= 0.6 is 0 Å². The normalized spacial score (nSPS) is 12.9. The molecule has 0 aromatic carbocycles. The number of rotatable bonds is 11. The number of unbranched alkanes of at least 4 members (excludes halogenated alkanes) is 1. The number of ether oxygens (including phenoxy) is 1. The summed E-state index contributed by atoms with van der Waals surface area (Å²) in [4.78, 5) is 15.7. The van der Waals surface area contributed by atoms with Crippen LogP contribution in [0.15, 0.2) is 4.99 Å². The monoisotopic (exact) mass is 300 g/mol. The Morgan fingerprint density at radius 1 is 1.24 bits per heavy atom. The number of methoxy groups -OCH3 is 1. The van der Waals surface area contributed by atoms with Crippen LogP contribution in [0.5, 0.6) is 0 Å². The first kappa shape index (κ1) is 19.7. The number of hydrogen-bond donors (Lipinski definition) is 3. The summed E-state index contributed by atoms with van der Waals surface area (Å²) in [6, 6.07) is 0. The van der Waals surface area contributed by atoms with Gasteiger partial charge < -0.3 is 20.7 Å². The Morgan fingerprint density at radius 3 is 2.57 bits per heavy atom. The maximum atomic E-state index is 11.6. The molecule has 6 nitrogen and oxygen atoms in total. The molecule has 0 aromatic heterocycles. The molecule has 124 valence electrons. The number of carbonyl (C=O) groups excluding carboxylic acids is 1. The van der Waals surface area contributed by atoms with Gasteiger partial charge in [0.05, 0.1) is 13.2 Å². The highest BCUT2D eigenvalue weighted by Gasteiger charge is 2.08. The number of amides is 1. The van der Waals surface area contributed by atoms with Gasteiger partial charge in [0, 0.05) is 27.2 Å². The SMILES string of the molecule is CCCCC(CC)CNC(=NC)NCC(=O)NCCOC. The van der Waals surface area contributed by atoms with Crippen LogP contribution in [0.4, 0.5) is 0 Å². The third kappa shape index (κ3) is 11.1. The van der Waals surface area contributed by atoms with Crippen molar-refractivity contribution in [1.29, 1.82) is 0 Å². The van der Waals surface area contributed by atoms with Crippen molar-refractivity contribution in [2.24, 2.45) is 10.9 Å². The van der Waals surface area contributed by atoms with Crippen molar-refractivity contribution in [3.8, 4) is 0 Å². The van der Waals surface area contributed by atoms with E-state index in [9.17, 15) is 4.79 Å². The van der Waals surface area contributed by atoms with Crippen LogP contribution in [0.3, 0.4) is 0 Å². The molecule has 0 heterocycles. The molecule has 0 radical (unpaired) electrons. The zero-order valence-corrected chi connectivity index (χ0v) is 14.0. The molecule has 0 aliphatic rings. The van der Waals surface area contributed by atoms with Crippen LogP contribution in [0.2, 0.25) is 0 Å². The molecule has 0 aliphatic heterocycles. The summed E-state index contributed by atoms with van der Waals surface area (Å²) in [7, 11) is 3.32. The van der Waals surface area contributed by atoms with E-state index in [0.29, 0.717) is 25.0 Å². The molecule has 21 heavy (non-hydrogen) atoms. The highest BCUT2D eigenvalue weighted by molar-refractivity contribution is 5.86. The molecule has 0 saturated carbocycles. The van der Waals surface area contributed by atoms with E-state index in [4.69, 9.17) is 4.74 Å². The lowest BCUT2D eigenvalue weighted by Crippen LogP contribution is -2.44. The maximum Gasteiger partial charge on any atom is 0.239 e. The second-order valence-electron chi connectivity index (χ2n) is 5.07. The molecule has 0 aliphatic carbocycles. The molecule has 0 aromatic rings. The molecule has 1 unspecified atom stereocenters. The van der Waals surface area contributed by atoms with Crippen molar-refractivity contribution >= 4 is 11.9 Å². The summed E-state index contributed by atoms with van der Waals surface area (Å²) >= 11 is 0. The fourth-order valence-electron chi connectivity index (χ4n) is 1.92. The lowest BCUT2D eigenvalue weighted by Gasteiger charge is -2.17. The lowest BCUT2D eigenvalue weighted by atomic mass is 9.99. The van der Waals surface area contributed by atoms with Gasteiger partial charge in [0.2, 0.25) is 5.91 Å². The van der Waals surface area contributed by atoms with Gasteiger partial charge in [0.1, 0.15) is 0 Å².